The van der Waals surface area contributed by atoms with E-state index in [2.05, 4.69) is 15.5 Å². The zero-order valence-corrected chi connectivity index (χ0v) is 13.2. The van der Waals surface area contributed by atoms with E-state index in [4.69, 9.17) is 23.2 Å². The van der Waals surface area contributed by atoms with Crippen molar-refractivity contribution in [3.8, 4) is 5.69 Å². The van der Waals surface area contributed by atoms with Gasteiger partial charge in [-0.1, -0.05) is 41.4 Å². The van der Waals surface area contributed by atoms with Gasteiger partial charge in [-0.15, -0.1) is 5.10 Å². The summed E-state index contributed by atoms with van der Waals surface area (Å²) in [6, 6.07) is 12.1. The van der Waals surface area contributed by atoms with Gasteiger partial charge in [0.25, 0.3) is 0 Å². The zero-order chi connectivity index (χ0) is 16.2. The number of rotatable bonds is 4. The van der Waals surface area contributed by atoms with E-state index in [1.165, 1.54) is 17.1 Å². The monoisotopic (exact) mass is 344 g/mol. The van der Waals surface area contributed by atoms with Gasteiger partial charge < -0.3 is 0 Å². The molecule has 0 aliphatic carbocycles. The van der Waals surface area contributed by atoms with E-state index < -0.39 is 0 Å². The van der Waals surface area contributed by atoms with E-state index in [1.807, 2.05) is 6.07 Å². The predicted octanol–water partition coefficient (Wildman–Crippen LogP) is 3.87. The number of tetrazole rings is 1. The second-order valence-corrected chi connectivity index (χ2v) is 5.51. The Morgan fingerprint density at radius 3 is 2.74 bits per heavy atom. The average Bonchev–Trinajstić information content (AvgIpc) is 3.08. The molecule has 7 heteroatoms. The average molecular weight is 345 g/mol. The standard InChI is InChI=1S/C16H10Cl2N4O/c17-13-6-4-11(15(18)9-13)5-7-16(23)12-2-1-3-14(8-12)22-10-19-20-21-22/h1-10H/b7-5+. The Morgan fingerprint density at radius 2 is 2.00 bits per heavy atom. The van der Waals surface area contributed by atoms with Gasteiger partial charge in [-0.25, -0.2) is 4.68 Å². The van der Waals surface area contributed by atoms with Crippen LogP contribution in [-0.4, -0.2) is 26.0 Å². The fourth-order valence-electron chi connectivity index (χ4n) is 1.98. The number of hydrogen-bond acceptors (Lipinski definition) is 4. The molecule has 3 aromatic rings. The van der Waals surface area contributed by atoms with Crippen LogP contribution in [0.25, 0.3) is 11.8 Å². The maximum absolute atomic E-state index is 12.3. The summed E-state index contributed by atoms with van der Waals surface area (Å²) in [5.41, 5.74) is 1.96. The number of ketones is 1. The molecule has 0 saturated heterocycles. The molecule has 23 heavy (non-hydrogen) atoms. The second kappa shape index (κ2) is 6.73. The van der Waals surface area contributed by atoms with Gasteiger partial charge in [-0.3, -0.25) is 4.79 Å². The minimum absolute atomic E-state index is 0.147. The summed E-state index contributed by atoms with van der Waals surface area (Å²) in [6.07, 6.45) is 4.59. The van der Waals surface area contributed by atoms with Gasteiger partial charge in [0.1, 0.15) is 6.33 Å². The highest BCUT2D eigenvalue weighted by molar-refractivity contribution is 6.35. The van der Waals surface area contributed by atoms with E-state index >= 15 is 0 Å². The number of carbonyl (C=O) groups excluding carboxylic acids is 1. The van der Waals surface area contributed by atoms with Crippen molar-refractivity contribution < 1.29 is 4.79 Å². The molecule has 2 aromatic carbocycles. The Labute approximate surface area is 142 Å². The molecule has 0 saturated carbocycles. The first-order valence-electron chi connectivity index (χ1n) is 6.64. The normalized spacial score (nSPS) is 11.0. The number of aromatic nitrogens is 4. The first-order chi connectivity index (χ1) is 11.1. The quantitative estimate of drug-likeness (QED) is 0.532. The molecule has 0 unspecified atom stereocenters. The number of hydrogen-bond donors (Lipinski definition) is 0. The van der Waals surface area contributed by atoms with Gasteiger partial charge in [0.15, 0.2) is 5.78 Å². The second-order valence-electron chi connectivity index (χ2n) is 4.67. The first-order valence-corrected chi connectivity index (χ1v) is 7.40. The van der Waals surface area contributed by atoms with Crippen LogP contribution in [0.3, 0.4) is 0 Å². The molecule has 1 aromatic heterocycles. The lowest BCUT2D eigenvalue weighted by Crippen LogP contribution is -1.99. The van der Waals surface area contributed by atoms with Crippen molar-refractivity contribution in [2.75, 3.05) is 0 Å². The topological polar surface area (TPSA) is 60.7 Å². The lowest BCUT2D eigenvalue weighted by atomic mass is 10.1. The molecule has 0 amide bonds. The third-order valence-corrected chi connectivity index (χ3v) is 3.68. The number of benzene rings is 2. The zero-order valence-electron chi connectivity index (χ0n) is 11.7. The molecule has 114 valence electrons. The lowest BCUT2D eigenvalue weighted by Gasteiger charge is -2.02. The van der Waals surface area contributed by atoms with Gasteiger partial charge in [0, 0.05) is 15.6 Å². The summed E-state index contributed by atoms with van der Waals surface area (Å²) in [5, 5.41) is 12.0. The van der Waals surface area contributed by atoms with Crippen LogP contribution in [0, 0.1) is 0 Å². The highest BCUT2D eigenvalue weighted by Crippen LogP contribution is 2.22. The lowest BCUT2D eigenvalue weighted by molar-refractivity contribution is 0.104. The Morgan fingerprint density at radius 1 is 1.13 bits per heavy atom. The summed E-state index contributed by atoms with van der Waals surface area (Å²) in [5.74, 6) is -0.147. The molecule has 1 heterocycles. The maximum atomic E-state index is 12.3. The molecule has 0 N–H and O–H groups in total. The SMILES string of the molecule is O=C(/C=C/c1ccc(Cl)cc1Cl)c1cccc(-n2cnnn2)c1. The van der Waals surface area contributed by atoms with Gasteiger partial charge in [-0.05, 0) is 52.4 Å². The van der Waals surface area contributed by atoms with E-state index in [1.54, 1.807) is 42.5 Å². The summed E-state index contributed by atoms with van der Waals surface area (Å²) in [4.78, 5) is 12.3. The number of allylic oxidation sites excluding steroid dienone is 1. The van der Waals surface area contributed by atoms with Gasteiger partial charge in [0.05, 0.1) is 5.69 Å². The summed E-state index contributed by atoms with van der Waals surface area (Å²) >= 11 is 11.9. The van der Waals surface area contributed by atoms with Crippen molar-refractivity contribution in [3.05, 3.63) is 76.0 Å². The van der Waals surface area contributed by atoms with Crippen molar-refractivity contribution in [1.29, 1.82) is 0 Å². The molecule has 0 aliphatic rings. The van der Waals surface area contributed by atoms with Crippen LogP contribution < -0.4 is 0 Å². The summed E-state index contributed by atoms with van der Waals surface area (Å²) in [6.45, 7) is 0. The van der Waals surface area contributed by atoms with Crippen molar-refractivity contribution in [1.82, 2.24) is 20.2 Å². The summed E-state index contributed by atoms with van der Waals surface area (Å²) < 4.78 is 1.48. The van der Waals surface area contributed by atoms with Crippen LogP contribution in [0.2, 0.25) is 10.0 Å². The fraction of sp³-hybridized carbons (Fsp3) is 0. The van der Waals surface area contributed by atoms with Gasteiger partial charge in [0.2, 0.25) is 0 Å². The minimum Gasteiger partial charge on any atom is -0.289 e. The first kappa shape index (κ1) is 15.4. The van der Waals surface area contributed by atoms with Crippen molar-refractivity contribution in [3.63, 3.8) is 0 Å². The Kier molecular flexibility index (Phi) is 4.50. The largest absolute Gasteiger partial charge is 0.289 e. The number of nitrogens with zero attached hydrogens (tertiary/aromatic N) is 4. The number of carbonyl (C=O) groups is 1. The van der Waals surface area contributed by atoms with Crippen LogP contribution in [0.5, 0.6) is 0 Å². The van der Waals surface area contributed by atoms with E-state index in [9.17, 15) is 4.79 Å². The smallest absolute Gasteiger partial charge is 0.185 e. The van der Waals surface area contributed by atoms with E-state index in [0.717, 1.165) is 5.56 Å². The van der Waals surface area contributed by atoms with Crippen LogP contribution in [0.1, 0.15) is 15.9 Å². The van der Waals surface area contributed by atoms with Crippen molar-refractivity contribution in [2.24, 2.45) is 0 Å². The van der Waals surface area contributed by atoms with Crippen LogP contribution in [0.15, 0.2) is 54.9 Å². The minimum atomic E-state index is -0.147. The fourth-order valence-corrected chi connectivity index (χ4v) is 2.45. The maximum Gasteiger partial charge on any atom is 0.185 e. The molecule has 0 fully saturated rings. The molecule has 3 rings (SSSR count). The molecule has 0 atom stereocenters. The van der Waals surface area contributed by atoms with Gasteiger partial charge in [-0.2, -0.15) is 0 Å². The Bertz CT molecular complexity index is 876. The highest BCUT2D eigenvalue weighted by atomic mass is 35.5. The molecule has 0 bridgehead atoms. The van der Waals surface area contributed by atoms with Crippen LogP contribution in [-0.2, 0) is 0 Å². The third-order valence-electron chi connectivity index (χ3n) is 3.12. The molecule has 5 nitrogen and oxygen atoms in total. The Hall–Kier alpha value is -2.50. The molecule has 0 radical (unpaired) electrons. The molecular weight excluding hydrogens is 335 g/mol. The third kappa shape index (κ3) is 3.64. The van der Waals surface area contributed by atoms with Crippen LogP contribution >= 0.6 is 23.2 Å². The van der Waals surface area contributed by atoms with E-state index in [-0.39, 0.29) is 5.78 Å². The van der Waals surface area contributed by atoms with Crippen molar-refractivity contribution in [2.45, 2.75) is 0 Å². The number of halogens is 2. The highest BCUT2D eigenvalue weighted by Gasteiger charge is 2.05. The van der Waals surface area contributed by atoms with Crippen LogP contribution in [0.4, 0.5) is 0 Å². The summed E-state index contributed by atoms with van der Waals surface area (Å²) in [7, 11) is 0. The Balaban J connectivity index is 1.83. The molecule has 0 aliphatic heterocycles. The molecule has 0 spiro atoms. The van der Waals surface area contributed by atoms with E-state index in [0.29, 0.717) is 21.3 Å². The van der Waals surface area contributed by atoms with Gasteiger partial charge >= 0.3 is 0 Å². The molecular formula is C16H10Cl2N4O. The van der Waals surface area contributed by atoms with Crippen molar-refractivity contribution >= 4 is 35.1 Å². The predicted molar refractivity (Wildman–Crippen MR) is 89.0 cm³/mol.